The minimum Gasteiger partial charge on any atom is -0.460 e. The molecule has 0 fully saturated rings. The van der Waals surface area contributed by atoms with Crippen molar-refractivity contribution in [1.82, 2.24) is 0 Å². The molecule has 0 aliphatic rings. The van der Waals surface area contributed by atoms with Crippen molar-refractivity contribution in [2.75, 3.05) is 16.8 Å². The van der Waals surface area contributed by atoms with Crippen LogP contribution >= 0.6 is 15.9 Å². The van der Waals surface area contributed by atoms with E-state index < -0.39 is 15.4 Å². The van der Waals surface area contributed by atoms with Crippen LogP contribution in [0.25, 0.3) is 0 Å². The quantitative estimate of drug-likeness (QED) is 0.555. The highest BCUT2D eigenvalue weighted by atomic mass is 79.9. The molecule has 0 N–H and O–H groups in total. The number of carbonyl (C=O) groups is 1. The second-order valence-electron chi connectivity index (χ2n) is 4.53. The highest BCUT2D eigenvalue weighted by Crippen LogP contribution is 2.09. The van der Waals surface area contributed by atoms with Gasteiger partial charge >= 0.3 is 5.97 Å². The number of halogens is 1. The zero-order valence-corrected chi connectivity index (χ0v) is 12.4. The van der Waals surface area contributed by atoms with Crippen molar-refractivity contribution >= 4 is 31.7 Å². The van der Waals surface area contributed by atoms with Crippen molar-refractivity contribution in [2.24, 2.45) is 0 Å². The lowest BCUT2D eigenvalue weighted by molar-refractivity contribution is -0.154. The molecular weight excluding hydrogens is 296 g/mol. The summed E-state index contributed by atoms with van der Waals surface area (Å²) >= 11 is 3.07. The van der Waals surface area contributed by atoms with E-state index in [1.807, 2.05) is 0 Å². The minimum atomic E-state index is -3.03. The van der Waals surface area contributed by atoms with Crippen LogP contribution in [-0.4, -0.2) is 36.8 Å². The summed E-state index contributed by atoms with van der Waals surface area (Å²) in [7, 11) is -3.03. The van der Waals surface area contributed by atoms with Crippen molar-refractivity contribution in [2.45, 2.75) is 39.2 Å². The lowest BCUT2D eigenvalue weighted by Crippen LogP contribution is -2.24. The Morgan fingerprint density at radius 1 is 1.25 bits per heavy atom. The molecule has 0 saturated heterocycles. The van der Waals surface area contributed by atoms with Crippen molar-refractivity contribution in [3.05, 3.63) is 0 Å². The van der Waals surface area contributed by atoms with Crippen LogP contribution in [0, 0.1) is 0 Å². The average molecular weight is 315 g/mol. The number of hydrogen-bond donors (Lipinski definition) is 0. The molecule has 0 amide bonds. The second kappa shape index (κ2) is 6.59. The maximum atomic E-state index is 11.3. The van der Waals surface area contributed by atoms with Gasteiger partial charge in [-0.05, 0) is 27.2 Å². The zero-order chi connectivity index (χ0) is 12.8. The van der Waals surface area contributed by atoms with Crippen LogP contribution in [-0.2, 0) is 19.4 Å². The van der Waals surface area contributed by atoms with E-state index in [1.165, 1.54) is 0 Å². The monoisotopic (exact) mass is 314 g/mol. The zero-order valence-electron chi connectivity index (χ0n) is 9.95. The normalized spacial score (nSPS) is 12.5. The predicted molar refractivity (Wildman–Crippen MR) is 67.5 cm³/mol. The second-order valence-corrected chi connectivity index (χ2v) is 7.63. The van der Waals surface area contributed by atoms with Gasteiger partial charge in [0.05, 0.1) is 11.5 Å². The van der Waals surface area contributed by atoms with Crippen molar-refractivity contribution in [1.29, 1.82) is 0 Å². The first kappa shape index (κ1) is 15.9. The fraction of sp³-hybridized carbons (Fsp3) is 0.900. The highest BCUT2D eigenvalue weighted by Gasteiger charge is 2.17. The molecule has 0 aromatic heterocycles. The van der Waals surface area contributed by atoms with Crippen LogP contribution in [0.1, 0.15) is 33.6 Å². The molecule has 4 nitrogen and oxygen atoms in total. The van der Waals surface area contributed by atoms with Gasteiger partial charge in [-0.3, -0.25) is 4.79 Å². The van der Waals surface area contributed by atoms with Gasteiger partial charge in [0, 0.05) is 11.8 Å². The summed E-state index contributed by atoms with van der Waals surface area (Å²) < 4.78 is 27.7. The Morgan fingerprint density at radius 3 is 2.25 bits per heavy atom. The van der Waals surface area contributed by atoms with E-state index >= 15 is 0 Å². The van der Waals surface area contributed by atoms with Gasteiger partial charge in [0.15, 0.2) is 9.84 Å². The van der Waals surface area contributed by atoms with E-state index in [0.717, 1.165) is 0 Å². The third-order valence-electron chi connectivity index (χ3n) is 1.64. The maximum absolute atomic E-state index is 11.3. The fourth-order valence-electron chi connectivity index (χ4n) is 1.05. The Bertz CT molecular complexity index is 316. The number of esters is 1. The van der Waals surface area contributed by atoms with Crippen LogP contribution in [0.4, 0.5) is 0 Å². The molecular formula is C10H19BrO4S. The van der Waals surface area contributed by atoms with Gasteiger partial charge in [0.1, 0.15) is 5.60 Å². The smallest absolute Gasteiger partial charge is 0.306 e. The summed E-state index contributed by atoms with van der Waals surface area (Å²) in [5, 5.41) is 0.432. The van der Waals surface area contributed by atoms with Gasteiger partial charge in [-0.15, -0.1) is 0 Å². The van der Waals surface area contributed by atoms with Crippen LogP contribution in [0.15, 0.2) is 0 Å². The standard InChI is InChI=1S/C10H19BrO4S/c1-10(2,3)15-9(12)5-4-7-16(13,14)8-6-11/h4-8H2,1-3H3. The molecule has 0 heterocycles. The Labute approximate surface area is 106 Å². The van der Waals surface area contributed by atoms with Crippen LogP contribution in [0.5, 0.6) is 0 Å². The Morgan fingerprint density at radius 2 is 1.81 bits per heavy atom. The maximum Gasteiger partial charge on any atom is 0.306 e. The van der Waals surface area contributed by atoms with E-state index in [4.69, 9.17) is 4.74 Å². The summed E-state index contributed by atoms with van der Waals surface area (Å²) in [5.74, 6) is -0.194. The highest BCUT2D eigenvalue weighted by molar-refractivity contribution is 9.09. The molecule has 0 aromatic rings. The van der Waals surface area contributed by atoms with Gasteiger partial charge < -0.3 is 4.74 Å². The van der Waals surface area contributed by atoms with E-state index in [0.29, 0.717) is 11.8 Å². The SMILES string of the molecule is CC(C)(C)OC(=O)CCCS(=O)(=O)CCBr. The van der Waals surface area contributed by atoms with Crippen molar-refractivity contribution in [3.63, 3.8) is 0 Å². The average Bonchev–Trinajstić information content (AvgIpc) is 1.99. The summed E-state index contributed by atoms with van der Waals surface area (Å²) in [6.45, 7) is 5.35. The number of alkyl halides is 1. The molecule has 96 valence electrons. The first-order valence-corrected chi connectivity index (χ1v) is 8.09. The summed E-state index contributed by atoms with van der Waals surface area (Å²) in [5.41, 5.74) is -0.508. The number of sulfone groups is 1. The van der Waals surface area contributed by atoms with Crippen molar-refractivity contribution in [3.8, 4) is 0 Å². The molecule has 0 bridgehead atoms. The van der Waals surface area contributed by atoms with Crippen LogP contribution in [0.3, 0.4) is 0 Å². The van der Waals surface area contributed by atoms with Gasteiger partial charge in [0.2, 0.25) is 0 Å². The molecule has 16 heavy (non-hydrogen) atoms. The number of ether oxygens (including phenoxy) is 1. The van der Waals surface area contributed by atoms with E-state index in [1.54, 1.807) is 20.8 Å². The topological polar surface area (TPSA) is 60.4 Å². The number of hydrogen-bond acceptors (Lipinski definition) is 4. The summed E-state index contributed by atoms with van der Waals surface area (Å²) in [6, 6.07) is 0. The summed E-state index contributed by atoms with van der Waals surface area (Å²) in [4.78, 5) is 11.3. The van der Waals surface area contributed by atoms with Gasteiger partial charge in [-0.25, -0.2) is 8.42 Å². The molecule has 0 radical (unpaired) electrons. The van der Waals surface area contributed by atoms with Gasteiger partial charge in [-0.1, -0.05) is 15.9 Å². The molecule has 0 aliphatic carbocycles. The largest absolute Gasteiger partial charge is 0.460 e. The molecule has 0 atom stereocenters. The van der Waals surface area contributed by atoms with Crippen LogP contribution in [0.2, 0.25) is 0 Å². The lowest BCUT2D eigenvalue weighted by atomic mass is 10.2. The molecule has 0 spiro atoms. The molecule has 0 aliphatic heterocycles. The van der Waals surface area contributed by atoms with E-state index in [-0.39, 0.29) is 23.9 Å². The molecule has 0 aromatic carbocycles. The number of carbonyl (C=O) groups excluding carboxylic acids is 1. The fourth-order valence-corrected chi connectivity index (χ4v) is 3.55. The first-order chi connectivity index (χ1) is 7.16. The van der Waals surface area contributed by atoms with E-state index in [2.05, 4.69) is 15.9 Å². The Balaban J connectivity index is 3.87. The third kappa shape index (κ3) is 9.15. The molecule has 0 unspecified atom stereocenters. The summed E-state index contributed by atoms with van der Waals surface area (Å²) in [6.07, 6.45) is 0.475. The van der Waals surface area contributed by atoms with Crippen LogP contribution < -0.4 is 0 Å². The lowest BCUT2D eigenvalue weighted by Gasteiger charge is -2.19. The third-order valence-corrected chi connectivity index (χ3v) is 4.30. The molecule has 0 saturated carbocycles. The molecule has 0 rings (SSSR count). The minimum absolute atomic E-state index is 0.0395. The Kier molecular flexibility index (Phi) is 6.55. The van der Waals surface area contributed by atoms with E-state index in [9.17, 15) is 13.2 Å². The first-order valence-electron chi connectivity index (χ1n) is 5.14. The number of rotatable bonds is 6. The van der Waals surface area contributed by atoms with Crippen molar-refractivity contribution < 1.29 is 17.9 Å². The van der Waals surface area contributed by atoms with Gasteiger partial charge in [0.25, 0.3) is 0 Å². The predicted octanol–water partition coefficient (Wildman–Crippen LogP) is 1.92. The van der Waals surface area contributed by atoms with Gasteiger partial charge in [-0.2, -0.15) is 0 Å². The molecule has 6 heteroatoms. The Hall–Kier alpha value is -0.100.